The molecule has 0 unspecified atom stereocenters. The van der Waals surface area contributed by atoms with Gasteiger partial charge in [0.1, 0.15) is 5.75 Å². The molecular weight excluding hydrogens is 424 g/mol. The van der Waals surface area contributed by atoms with E-state index in [4.69, 9.17) is 16.3 Å². The molecule has 1 aliphatic heterocycles. The zero-order chi connectivity index (χ0) is 21.5. The molecule has 1 heterocycles. The van der Waals surface area contributed by atoms with Crippen molar-refractivity contribution in [2.75, 3.05) is 20.2 Å². The van der Waals surface area contributed by atoms with Crippen molar-refractivity contribution in [2.24, 2.45) is 0 Å². The SMILES string of the molecule is COc1ccc(/C=C2\SC(=O)N(CCNC(=O)/C=C/c3ccc(Cl)cc3)C2=O)cc1. The molecule has 0 bridgehead atoms. The number of ether oxygens (including phenoxy) is 1. The Kier molecular flexibility index (Phi) is 7.32. The van der Waals surface area contributed by atoms with Crippen LogP contribution in [0.4, 0.5) is 4.79 Å². The number of amides is 3. The molecule has 1 fully saturated rings. The average Bonchev–Trinajstić information content (AvgIpc) is 3.01. The topological polar surface area (TPSA) is 75.7 Å². The number of imide groups is 1. The third-order valence-electron chi connectivity index (χ3n) is 4.22. The van der Waals surface area contributed by atoms with Crippen LogP contribution in [0.5, 0.6) is 5.75 Å². The van der Waals surface area contributed by atoms with E-state index in [0.29, 0.717) is 15.7 Å². The maximum atomic E-state index is 12.5. The molecule has 0 atom stereocenters. The van der Waals surface area contributed by atoms with E-state index in [1.807, 2.05) is 0 Å². The predicted molar refractivity (Wildman–Crippen MR) is 119 cm³/mol. The largest absolute Gasteiger partial charge is 0.497 e. The van der Waals surface area contributed by atoms with Gasteiger partial charge in [0.25, 0.3) is 11.1 Å². The summed E-state index contributed by atoms with van der Waals surface area (Å²) >= 11 is 6.71. The highest BCUT2D eigenvalue weighted by molar-refractivity contribution is 8.18. The van der Waals surface area contributed by atoms with E-state index in [9.17, 15) is 14.4 Å². The molecule has 6 nitrogen and oxygen atoms in total. The van der Waals surface area contributed by atoms with Crippen molar-refractivity contribution in [1.82, 2.24) is 10.2 Å². The summed E-state index contributed by atoms with van der Waals surface area (Å²) in [4.78, 5) is 38.1. The second kappa shape index (κ2) is 10.1. The zero-order valence-electron chi connectivity index (χ0n) is 16.1. The molecule has 3 amide bonds. The standard InChI is InChI=1S/C22H19ClN2O4S/c1-29-18-9-4-16(5-10-18)14-19-21(27)25(22(28)30-19)13-12-24-20(26)11-6-15-2-7-17(23)8-3-15/h2-11,14H,12-13H2,1H3,(H,24,26)/b11-6+,19-14-. The Bertz CT molecular complexity index is 1000. The lowest BCUT2D eigenvalue weighted by Crippen LogP contribution is -2.36. The fourth-order valence-electron chi connectivity index (χ4n) is 2.64. The minimum absolute atomic E-state index is 0.102. The predicted octanol–water partition coefficient (Wildman–Crippen LogP) is 4.21. The van der Waals surface area contributed by atoms with Crippen LogP contribution in [0.25, 0.3) is 12.2 Å². The van der Waals surface area contributed by atoms with E-state index in [1.54, 1.807) is 67.8 Å². The van der Waals surface area contributed by atoms with Crippen LogP contribution < -0.4 is 10.1 Å². The normalized spacial score (nSPS) is 15.3. The number of nitrogens with one attached hydrogen (secondary N) is 1. The van der Waals surface area contributed by atoms with E-state index in [0.717, 1.165) is 27.8 Å². The van der Waals surface area contributed by atoms with Gasteiger partial charge in [0.15, 0.2) is 0 Å². The maximum Gasteiger partial charge on any atom is 0.293 e. The van der Waals surface area contributed by atoms with Crippen molar-refractivity contribution in [3.05, 3.63) is 75.7 Å². The second-order valence-electron chi connectivity index (χ2n) is 6.28. The molecule has 0 spiro atoms. The molecule has 1 saturated heterocycles. The minimum atomic E-state index is -0.369. The number of nitrogens with zero attached hydrogens (tertiary/aromatic N) is 1. The second-order valence-corrected chi connectivity index (χ2v) is 7.71. The molecule has 0 aromatic heterocycles. The smallest absolute Gasteiger partial charge is 0.293 e. The highest BCUT2D eigenvalue weighted by Crippen LogP contribution is 2.32. The summed E-state index contributed by atoms with van der Waals surface area (Å²) in [6.07, 6.45) is 4.71. The molecule has 0 aliphatic carbocycles. The molecule has 1 aliphatic rings. The fraction of sp³-hybridized carbons (Fsp3) is 0.136. The summed E-state index contributed by atoms with van der Waals surface area (Å²) < 4.78 is 5.11. The Morgan fingerprint density at radius 1 is 1.10 bits per heavy atom. The first kappa shape index (κ1) is 21.7. The molecule has 2 aromatic carbocycles. The molecule has 8 heteroatoms. The number of thioether (sulfide) groups is 1. The molecule has 30 heavy (non-hydrogen) atoms. The molecular formula is C22H19ClN2O4S. The van der Waals surface area contributed by atoms with Crippen LogP contribution in [0.3, 0.4) is 0 Å². The maximum absolute atomic E-state index is 12.5. The van der Waals surface area contributed by atoms with Crippen molar-refractivity contribution in [3.63, 3.8) is 0 Å². The highest BCUT2D eigenvalue weighted by Gasteiger charge is 2.34. The number of hydrogen-bond donors (Lipinski definition) is 1. The Morgan fingerprint density at radius 2 is 1.77 bits per heavy atom. The summed E-state index contributed by atoms with van der Waals surface area (Å²) in [6, 6.07) is 14.2. The van der Waals surface area contributed by atoms with Gasteiger partial charge in [-0.1, -0.05) is 35.9 Å². The number of rotatable bonds is 7. The molecule has 154 valence electrons. The van der Waals surface area contributed by atoms with Crippen molar-refractivity contribution < 1.29 is 19.1 Å². The summed E-state index contributed by atoms with van der Waals surface area (Å²) in [7, 11) is 1.58. The molecule has 0 saturated carbocycles. The number of benzene rings is 2. The van der Waals surface area contributed by atoms with Crippen molar-refractivity contribution >= 4 is 52.6 Å². The Hall–Kier alpha value is -3.03. The Labute approximate surface area is 183 Å². The number of carbonyl (C=O) groups excluding carboxylic acids is 3. The number of halogens is 1. The van der Waals surface area contributed by atoms with Gasteiger partial charge in [-0.2, -0.15) is 0 Å². The molecule has 3 rings (SSSR count). The third kappa shape index (κ3) is 5.75. The van der Waals surface area contributed by atoms with Crippen molar-refractivity contribution in [3.8, 4) is 5.75 Å². The van der Waals surface area contributed by atoms with Gasteiger partial charge in [0, 0.05) is 24.2 Å². The van der Waals surface area contributed by atoms with Gasteiger partial charge in [0.2, 0.25) is 5.91 Å². The van der Waals surface area contributed by atoms with Gasteiger partial charge < -0.3 is 10.1 Å². The minimum Gasteiger partial charge on any atom is -0.497 e. The lowest BCUT2D eigenvalue weighted by atomic mass is 10.2. The Balaban J connectivity index is 1.52. The molecule has 0 radical (unpaired) electrons. The van der Waals surface area contributed by atoms with Crippen LogP contribution in [0, 0.1) is 0 Å². The lowest BCUT2D eigenvalue weighted by molar-refractivity contribution is -0.123. The van der Waals surface area contributed by atoms with Gasteiger partial charge in [-0.05, 0) is 59.3 Å². The first-order valence-corrected chi connectivity index (χ1v) is 10.3. The number of carbonyl (C=O) groups is 3. The van der Waals surface area contributed by atoms with Crippen LogP contribution in [0.15, 0.2) is 59.5 Å². The van der Waals surface area contributed by atoms with Gasteiger partial charge in [-0.25, -0.2) is 0 Å². The van der Waals surface area contributed by atoms with E-state index in [2.05, 4.69) is 5.32 Å². The zero-order valence-corrected chi connectivity index (χ0v) is 17.7. The lowest BCUT2D eigenvalue weighted by Gasteiger charge is -2.12. The van der Waals surface area contributed by atoms with E-state index < -0.39 is 0 Å². The van der Waals surface area contributed by atoms with Crippen LogP contribution in [0.2, 0.25) is 5.02 Å². The van der Waals surface area contributed by atoms with Crippen LogP contribution in [-0.2, 0) is 9.59 Å². The molecule has 1 N–H and O–H groups in total. The molecule has 2 aromatic rings. The summed E-state index contributed by atoms with van der Waals surface area (Å²) in [5, 5.41) is 2.93. The van der Waals surface area contributed by atoms with Crippen LogP contribution in [-0.4, -0.2) is 42.2 Å². The van der Waals surface area contributed by atoms with Crippen LogP contribution in [0.1, 0.15) is 11.1 Å². The van der Waals surface area contributed by atoms with Gasteiger partial charge in [-0.3, -0.25) is 19.3 Å². The average molecular weight is 443 g/mol. The summed E-state index contributed by atoms with van der Waals surface area (Å²) in [5.41, 5.74) is 1.63. The summed E-state index contributed by atoms with van der Waals surface area (Å²) in [6.45, 7) is 0.267. The van der Waals surface area contributed by atoms with Gasteiger partial charge in [0.05, 0.1) is 12.0 Å². The Morgan fingerprint density at radius 3 is 2.43 bits per heavy atom. The van der Waals surface area contributed by atoms with Crippen molar-refractivity contribution in [1.29, 1.82) is 0 Å². The van der Waals surface area contributed by atoms with E-state index in [-0.39, 0.29) is 30.1 Å². The van der Waals surface area contributed by atoms with Crippen LogP contribution >= 0.6 is 23.4 Å². The van der Waals surface area contributed by atoms with E-state index in [1.165, 1.54) is 6.08 Å². The first-order chi connectivity index (χ1) is 14.5. The van der Waals surface area contributed by atoms with Crippen molar-refractivity contribution in [2.45, 2.75) is 0 Å². The fourth-order valence-corrected chi connectivity index (χ4v) is 3.63. The first-order valence-electron chi connectivity index (χ1n) is 9.07. The van der Waals surface area contributed by atoms with Gasteiger partial charge >= 0.3 is 0 Å². The van der Waals surface area contributed by atoms with Gasteiger partial charge in [-0.15, -0.1) is 0 Å². The third-order valence-corrected chi connectivity index (χ3v) is 5.38. The monoisotopic (exact) mass is 442 g/mol. The number of hydrogen-bond acceptors (Lipinski definition) is 5. The van der Waals surface area contributed by atoms with E-state index >= 15 is 0 Å². The summed E-state index contributed by atoms with van der Waals surface area (Å²) in [5.74, 6) is 0.0265. The quantitative estimate of drug-likeness (QED) is 0.650. The number of methoxy groups -OCH3 is 1. The highest BCUT2D eigenvalue weighted by atomic mass is 35.5.